The van der Waals surface area contributed by atoms with Gasteiger partial charge in [-0.3, -0.25) is 0 Å². The van der Waals surface area contributed by atoms with Crippen LogP contribution in [0.3, 0.4) is 0 Å². The molecule has 2 aliphatic rings. The third-order valence-corrected chi connectivity index (χ3v) is 4.37. The Labute approximate surface area is 68.2 Å². The molecule has 11 heavy (non-hydrogen) atoms. The third kappa shape index (κ3) is 0.612. The van der Waals surface area contributed by atoms with Crippen LogP contribution in [0.2, 0.25) is 0 Å². The molecule has 0 N–H and O–H groups in total. The zero-order valence-corrected chi connectivity index (χ0v) is 7.60. The maximum atomic E-state index is 13.4. The number of hydrogen-bond donors (Lipinski definition) is 0. The van der Waals surface area contributed by atoms with Crippen LogP contribution >= 0.6 is 0 Å². The summed E-state index contributed by atoms with van der Waals surface area (Å²) in [6, 6.07) is 0. The normalized spacial score (nSPS) is 62.2. The lowest BCUT2D eigenvalue weighted by molar-refractivity contribution is -0.208. The van der Waals surface area contributed by atoms with Gasteiger partial charge < -0.3 is 0 Å². The third-order valence-electron chi connectivity index (χ3n) is 4.37. The smallest absolute Gasteiger partial charge is 0.107 e. The van der Waals surface area contributed by atoms with Gasteiger partial charge >= 0.3 is 0 Å². The fraction of sp³-hybridized carbons (Fsp3) is 1.00. The van der Waals surface area contributed by atoms with Crippen molar-refractivity contribution in [3.63, 3.8) is 0 Å². The molecule has 0 saturated heterocycles. The maximum absolute atomic E-state index is 13.4. The van der Waals surface area contributed by atoms with E-state index in [-0.39, 0.29) is 5.41 Å². The second kappa shape index (κ2) is 1.99. The van der Waals surface area contributed by atoms with Gasteiger partial charge in [-0.05, 0) is 30.6 Å². The van der Waals surface area contributed by atoms with Crippen LogP contribution in [0.5, 0.6) is 0 Å². The van der Waals surface area contributed by atoms with Crippen LogP contribution in [0.15, 0.2) is 0 Å². The minimum atomic E-state index is -0.490. The van der Waals surface area contributed by atoms with E-state index in [9.17, 15) is 4.39 Å². The molecule has 0 nitrogen and oxygen atoms in total. The van der Waals surface area contributed by atoms with E-state index in [4.69, 9.17) is 0 Å². The molecule has 2 aliphatic carbocycles. The average molecular weight is 156 g/mol. The number of halogens is 1. The van der Waals surface area contributed by atoms with Gasteiger partial charge in [-0.2, -0.15) is 0 Å². The van der Waals surface area contributed by atoms with Crippen LogP contribution in [0.25, 0.3) is 0 Å². The van der Waals surface area contributed by atoms with Gasteiger partial charge in [-0.15, -0.1) is 0 Å². The van der Waals surface area contributed by atoms with Crippen LogP contribution in [-0.2, 0) is 0 Å². The molecule has 0 amide bonds. The monoisotopic (exact) mass is 156 g/mol. The molecule has 1 heteroatoms. The molecular weight excluding hydrogens is 139 g/mol. The van der Waals surface area contributed by atoms with Gasteiger partial charge in [0.1, 0.15) is 6.17 Å². The molecule has 0 aromatic rings. The maximum Gasteiger partial charge on any atom is 0.107 e. The Morgan fingerprint density at radius 2 is 1.45 bits per heavy atom. The first-order valence-corrected chi connectivity index (χ1v) is 4.74. The predicted molar refractivity (Wildman–Crippen MR) is 44.1 cm³/mol. The van der Waals surface area contributed by atoms with E-state index in [1.54, 1.807) is 0 Å². The molecule has 64 valence electrons. The standard InChI is InChI=1S/C10H17F/c1-6-4-7(2)10(6)8(3)5-9(10)11/h6-9H,4-5H2,1-3H3. The molecular formula is C10H17F. The first-order valence-electron chi connectivity index (χ1n) is 4.74. The fourth-order valence-corrected chi connectivity index (χ4v) is 3.72. The zero-order valence-electron chi connectivity index (χ0n) is 7.60. The van der Waals surface area contributed by atoms with E-state index in [2.05, 4.69) is 20.8 Å². The van der Waals surface area contributed by atoms with E-state index < -0.39 is 6.17 Å². The highest BCUT2D eigenvalue weighted by molar-refractivity contribution is 5.12. The van der Waals surface area contributed by atoms with Crippen molar-refractivity contribution in [2.45, 2.75) is 39.8 Å². The lowest BCUT2D eigenvalue weighted by Gasteiger charge is -2.65. The predicted octanol–water partition coefficient (Wildman–Crippen LogP) is 3.03. The molecule has 4 atom stereocenters. The van der Waals surface area contributed by atoms with Gasteiger partial charge in [0.25, 0.3) is 0 Å². The second-order valence-corrected chi connectivity index (χ2v) is 4.64. The molecule has 0 aliphatic heterocycles. The van der Waals surface area contributed by atoms with Crippen LogP contribution in [-0.4, -0.2) is 6.17 Å². The van der Waals surface area contributed by atoms with Gasteiger partial charge in [-0.1, -0.05) is 20.8 Å². The molecule has 2 rings (SSSR count). The van der Waals surface area contributed by atoms with Crippen LogP contribution < -0.4 is 0 Å². The molecule has 0 aromatic heterocycles. The number of alkyl halides is 1. The van der Waals surface area contributed by atoms with Crippen molar-refractivity contribution in [2.75, 3.05) is 0 Å². The highest BCUT2D eigenvalue weighted by Crippen LogP contribution is 2.67. The van der Waals surface area contributed by atoms with E-state index in [1.165, 1.54) is 6.42 Å². The quantitative estimate of drug-likeness (QED) is 0.505. The fourth-order valence-electron chi connectivity index (χ4n) is 3.72. The summed E-state index contributed by atoms with van der Waals surface area (Å²) in [6.45, 7) is 6.63. The average Bonchev–Trinajstić information content (AvgIpc) is 1.86. The molecule has 2 saturated carbocycles. The summed E-state index contributed by atoms with van der Waals surface area (Å²) in [7, 11) is 0. The number of hydrogen-bond acceptors (Lipinski definition) is 0. The SMILES string of the molecule is CC1CC(C)C12C(C)CC2F. The first kappa shape index (κ1) is 7.57. The van der Waals surface area contributed by atoms with Gasteiger partial charge in [0, 0.05) is 5.41 Å². The Kier molecular flexibility index (Phi) is 1.37. The van der Waals surface area contributed by atoms with Crippen molar-refractivity contribution in [1.82, 2.24) is 0 Å². The summed E-state index contributed by atoms with van der Waals surface area (Å²) >= 11 is 0. The van der Waals surface area contributed by atoms with E-state index in [0.29, 0.717) is 17.8 Å². The van der Waals surface area contributed by atoms with Crippen LogP contribution in [0, 0.1) is 23.2 Å². The van der Waals surface area contributed by atoms with Crippen LogP contribution in [0.4, 0.5) is 4.39 Å². The Morgan fingerprint density at radius 1 is 1.00 bits per heavy atom. The Balaban J connectivity index is 2.20. The van der Waals surface area contributed by atoms with Crippen molar-refractivity contribution in [3.8, 4) is 0 Å². The number of rotatable bonds is 0. The van der Waals surface area contributed by atoms with Crippen molar-refractivity contribution in [2.24, 2.45) is 23.2 Å². The summed E-state index contributed by atoms with van der Waals surface area (Å²) in [6.07, 6.45) is 1.57. The topological polar surface area (TPSA) is 0 Å². The Bertz CT molecular complexity index is 136. The molecule has 0 heterocycles. The summed E-state index contributed by atoms with van der Waals surface area (Å²) < 4.78 is 13.4. The largest absolute Gasteiger partial charge is 0.247 e. The molecule has 0 aromatic carbocycles. The lowest BCUT2D eigenvalue weighted by Crippen LogP contribution is -2.64. The summed E-state index contributed by atoms with van der Waals surface area (Å²) in [5.41, 5.74) is 0.111. The first-order chi connectivity index (χ1) is 5.10. The second-order valence-electron chi connectivity index (χ2n) is 4.64. The Morgan fingerprint density at radius 3 is 1.64 bits per heavy atom. The van der Waals surface area contributed by atoms with Crippen molar-refractivity contribution in [3.05, 3.63) is 0 Å². The minimum absolute atomic E-state index is 0.111. The highest BCUT2D eigenvalue weighted by Gasteiger charge is 2.64. The van der Waals surface area contributed by atoms with Crippen LogP contribution in [0.1, 0.15) is 33.6 Å². The van der Waals surface area contributed by atoms with E-state index >= 15 is 0 Å². The van der Waals surface area contributed by atoms with Gasteiger partial charge in [0.15, 0.2) is 0 Å². The van der Waals surface area contributed by atoms with Crippen molar-refractivity contribution in [1.29, 1.82) is 0 Å². The highest BCUT2D eigenvalue weighted by atomic mass is 19.1. The van der Waals surface area contributed by atoms with Crippen molar-refractivity contribution >= 4 is 0 Å². The van der Waals surface area contributed by atoms with Gasteiger partial charge in [-0.25, -0.2) is 4.39 Å². The molecule has 2 fully saturated rings. The summed E-state index contributed by atoms with van der Waals surface area (Å²) in [5, 5.41) is 0. The Hall–Kier alpha value is -0.0700. The summed E-state index contributed by atoms with van der Waals surface area (Å²) in [4.78, 5) is 0. The molecule has 1 spiro atoms. The van der Waals surface area contributed by atoms with Gasteiger partial charge in [0.2, 0.25) is 0 Å². The summed E-state index contributed by atoms with van der Waals surface area (Å²) in [5.74, 6) is 1.91. The van der Waals surface area contributed by atoms with E-state index in [1.807, 2.05) is 0 Å². The lowest BCUT2D eigenvalue weighted by atomic mass is 9.40. The van der Waals surface area contributed by atoms with E-state index in [0.717, 1.165) is 6.42 Å². The molecule has 0 radical (unpaired) electrons. The zero-order chi connectivity index (χ0) is 8.22. The van der Waals surface area contributed by atoms with Crippen molar-refractivity contribution < 1.29 is 4.39 Å². The minimum Gasteiger partial charge on any atom is -0.247 e. The van der Waals surface area contributed by atoms with Gasteiger partial charge in [0.05, 0.1) is 0 Å². The molecule has 4 unspecified atom stereocenters. The molecule has 0 bridgehead atoms.